The summed E-state index contributed by atoms with van der Waals surface area (Å²) >= 11 is 1.44. The number of carbonyl (C=O) groups is 2. The minimum atomic E-state index is -0.108. The summed E-state index contributed by atoms with van der Waals surface area (Å²) < 4.78 is 0. The van der Waals surface area contributed by atoms with Gasteiger partial charge in [-0.05, 0) is 43.7 Å². The first-order valence-corrected chi connectivity index (χ1v) is 9.67. The fraction of sp³-hybridized carbons (Fsp3) is 0.556. The average Bonchev–Trinajstić information content (AvgIpc) is 3.31. The lowest BCUT2D eigenvalue weighted by Crippen LogP contribution is -2.38. The fourth-order valence-electron chi connectivity index (χ4n) is 2.97. The number of rotatable bonds is 7. The van der Waals surface area contributed by atoms with Crippen molar-refractivity contribution in [2.75, 3.05) is 25.4 Å². The Kier molecular flexibility index (Phi) is 5.79. The molecule has 2 aliphatic rings. The molecule has 0 spiro atoms. The van der Waals surface area contributed by atoms with E-state index in [-0.39, 0.29) is 17.9 Å². The molecule has 24 heavy (non-hydrogen) atoms. The highest BCUT2D eigenvalue weighted by Crippen LogP contribution is 2.31. The number of hydrogen-bond acceptors (Lipinski definition) is 4. The third-order valence-corrected chi connectivity index (χ3v) is 5.73. The number of nitrogens with zero attached hydrogens (tertiary/aromatic N) is 1. The Bertz CT molecular complexity index is 598. The first kappa shape index (κ1) is 17.3. The van der Waals surface area contributed by atoms with Gasteiger partial charge in [-0.2, -0.15) is 0 Å². The van der Waals surface area contributed by atoms with E-state index in [2.05, 4.69) is 5.32 Å². The molecule has 1 aliphatic heterocycles. The molecule has 1 saturated carbocycles. The molecule has 1 aromatic carbocycles. The molecule has 0 aromatic heterocycles. The van der Waals surface area contributed by atoms with E-state index in [0.717, 1.165) is 30.8 Å². The molecule has 3 N–H and O–H groups in total. The summed E-state index contributed by atoms with van der Waals surface area (Å²) in [6.07, 6.45) is 4.53. The minimum absolute atomic E-state index is 0.0468. The quantitative estimate of drug-likeness (QED) is 0.739. The summed E-state index contributed by atoms with van der Waals surface area (Å²) in [5.74, 6) is 0.991. The van der Waals surface area contributed by atoms with Gasteiger partial charge in [0.15, 0.2) is 0 Å². The summed E-state index contributed by atoms with van der Waals surface area (Å²) in [6.45, 7) is 2.23. The SMILES string of the molecule is NC(CNC(=O)c1ccccc1SCC(=O)N1CCCC1)C1CC1. The van der Waals surface area contributed by atoms with Crippen molar-refractivity contribution in [2.24, 2.45) is 11.7 Å². The third-order valence-electron chi connectivity index (χ3n) is 4.67. The Labute approximate surface area is 147 Å². The van der Waals surface area contributed by atoms with Gasteiger partial charge in [0, 0.05) is 30.6 Å². The van der Waals surface area contributed by atoms with Crippen LogP contribution in [-0.2, 0) is 4.79 Å². The molecular formula is C18H25N3O2S. The van der Waals surface area contributed by atoms with Gasteiger partial charge < -0.3 is 16.0 Å². The first-order valence-electron chi connectivity index (χ1n) is 8.68. The van der Waals surface area contributed by atoms with Crippen LogP contribution in [0.25, 0.3) is 0 Å². The highest BCUT2D eigenvalue weighted by Gasteiger charge is 2.28. The van der Waals surface area contributed by atoms with Crippen LogP contribution in [0.4, 0.5) is 0 Å². The molecule has 130 valence electrons. The van der Waals surface area contributed by atoms with Gasteiger partial charge in [0.1, 0.15) is 0 Å². The molecule has 1 heterocycles. The van der Waals surface area contributed by atoms with E-state index in [4.69, 9.17) is 5.73 Å². The van der Waals surface area contributed by atoms with Gasteiger partial charge in [0.2, 0.25) is 5.91 Å². The van der Waals surface area contributed by atoms with Crippen molar-refractivity contribution in [1.29, 1.82) is 0 Å². The Morgan fingerprint density at radius 1 is 1.25 bits per heavy atom. The second kappa shape index (κ2) is 8.03. The summed E-state index contributed by atoms with van der Waals surface area (Å²) in [5.41, 5.74) is 6.67. The van der Waals surface area contributed by atoms with Gasteiger partial charge >= 0.3 is 0 Å². The predicted molar refractivity (Wildman–Crippen MR) is 96.0 cm³/mol. The number of amides is 2. The summed E-state index contributed by atoms with van der Waals surface area (Å²) in [4.78, 5) is 27.4. The second-order valence-electron chi connectivity index (χ2n) is 6.58. The number of thioether (sulfide) groups is 1. The Morgan fingerprint density at radius 3 is 2.67 bits per heavy atom. The van der Waals surface area contributed by atoms with Crippen molar-refractivity contribution in [2.45, 2.75) is 36.6 Å². The highest BCUT2D eigenvalue weighted by molar-refractivity contribution is 8.00. The zero-order chi connectivity index (χ0) is 16.9. The fourth-order valence-corrected chi connectivity index (χ4v) is 3.93. The van der Waals surface area contributed by atoms with Crippen molar-refractivity contribution in [3.05, 3.63) is 29.8 Å². The molecule has 1 saturated heterocycles. The molecule has 0 bridgehead atoms. The van der Waals surface area contributed by atoms with E-state index < -0.39 is 0 Å². The number of benzene rings is 1. The Hall–Kier alpha value is -1.53. The molecular weight excluding hydrogens is 322 g/mol. The van der Waals surface area contributed by atoms with E-state index in [1.165, 1.54) is 24.6 Å². The zero-order valence-electron chi connectivity index (χ0n) is 13.9. The normalized spacial score (nSPS) is 18.5. The topological polar surface area (TPSA) is 75.4 Å². The van der Waals surface area contributed by atoms with Crippen LogP contribution in [0.1, 0.15) is 36.0 Å². The van der Waals surface area contributed by atoms with Crippen LogP contribution in [-0.4, -0.2) is 48.1 Å². The van der Waals surface area contributed by atoms with Crippen molar-refractivity contribution in [1.82, 2.24) is 10.2 Å². The van der Waals surface area contributed by atoms with Crippen LogP contribution in [0.3, 0.4) is 0 Å². The summed E-state index contributed by atoms with van der Waals surface area (Å²) in [7, 11) is 0. The average molecular weight is 347 g/mol. The van der Waals surface area contributed by atoms with Crippen LogP contribution in [0.5, 0.6) is 0 Å². The molecule has 1 atom stereocenters. The second-order valence-corrected chi connectivity index (χ2v) is 7.60. The standard InChI is InChI=1S/C18H25N3O2S/c19-15(13-7-8-13)11-20-18(23)14-5-1-2-6-16(14)24-12-17(22)21-9-3-4-10-21/h1-2,5-6,13,15H,3-4,7-12,19H2,(H,20,23). The number of nitrogens with two attached hydrogens (primary N) is 1. The van der Waals surface area contributed by atoms with Crippen LogP contribution in [0, 0.1) is 5.92 Å². The molecule has 1 unspecified atom stereocenters. The van der Waals surface area contributed by atoms with Crippen LogP contribution >= 0.6 is 11.8 Å². The summed E-state index contributed by atoms with van der Waals surface area (Å²) in [5, 5.41) is 2.93. The van der Waals surface area contributed by atoms with E-state index in [0.29, 0.717) is 23.8 Å². The molecule has 0 radical (unpaired) electrons. The lowest BCUT2D eigenvalue weighted by atomic mass is 10.2. The molecule has 1 aromatic rings. The Morgan fingerprint density at radius 2 is 1.96 bits per heavy atom. The van der Waals surface area contributed by atoms with Gasteiger partial charge in [-0.1, -0.05) is 12.1 Å². The monoisotopic (exact) mass is 347 g/mol. The number of nitrogens with one attached hydrogen (secondary N) is 1. The minimum Gasteiger partial charge on any atom is -0.350 e. The highest BCUT2D eigenvalue weighted by atomic mass is 32.2. The molecule has 3 rings (SSSR count). The van der Waals surface area contributed by atoms with E-state index in [1.807, 2.05) is 23.1 Å². The lowest BCUT2D eigenvalue weighted by Gasteiger charge is -2.16. The zero-order valence-corrected chi connectivity index (χ0v) is 14.7. The summed E-state index contributed by atoms with van der Waals surface area (Å²) in [6, 6.07) is 7.50. The van der Waals surface area contributed by atoms with Crippen molar-refractivity contribution < 1.29 is 9.59 Å². The van der Waals surface area contributed by atoms with Crippen molar-refractivity contribution in [3.8, 4) is 0 Å². The van der Waals surface area contributed by atoms with Gasteiger partial charge in [-0.3, -0.25) is 9.59 Å². The largest absolute Gasteiger partial charge is 0.350 e. The predicted octanol–water partition coefficient (Wildman–Crippen LogP) is 1.87. The first-order chi connectivity index (χ1) is 11.6. The number of hydrogen-bond donors (Lipinski definition) is 2. The molecule has 2 amide bonds. The van der Waals surface area contributed by atoms with Crippen LogP contribution < -0.4 is 11.1 Å². The van der Waals surface area contributed by atoms with Crippen LogP contribution in [0.15, 0.2) is 29.2 Å². The van der Waals surface area contributed by atoms with Gasteiger partial charge in [-0.25, -0.2) is 0 Å². The van der Waals surface area contributed by atoms with Gasteiger partial charge in [0.25, 0.3) is 5.91 Å². The smallest absolute Gasteiger partial charge is 0.252 e. The van der Waals surface area contributed by atoms with Crippen molar-refractivity contribution in [3.63, 3.8) is 0 Å². The maximum Gasteiger partial charge on any atom is 0.252 e. The maximum absolute atomic E-state index is 12.4. The van der Waals surface area contributed by atoms with Gasteiger partial charge in [-0.15, -0.1) is 11.8 Å². The van der Waals surface area contributed by atoms with Gasteiger partial charge in [0.05, 0.1) is 11.3 Å². The van der Waals surface area contributed by atoms with Crippen LogP contribution in [0.2, 0.25) is 0 Å². The third kappa shape index (κ3) is 4.51. The van der Waals surface area contributed by atoms with E-state index in [9.17, 15) is 9.59 Å². The molecule has 5 nitrogen and oxygen atoms in total. The van der Waals surface area contributed by atoms with Crippen molar-refractivity contribution >= 4 is 23.6 Å². The van der Waals surface area contributed by atoms with E-state index >= 15 is 0 Å². The number of likely N-dealkylation sites (tertiary alicyclic amines) is 1. The lowest BCUT2D eigenvalue weighted by molar-refractivity contribution is -0.127. The molecule has 6 heteroatoms. The maximum atomic E-state index is 12.4. The molecule has 2 fully saturated rings. The van der Waals surface area contributed by atoms with E-state index in [1.54, 1.807) is 6.07 Å². The molecule has 1 aliphatic carbocycles. The Balaban J connectivity index is 1.55. The number of carbonyl (C=O) groups excluding carboxylic acids is 2.